The molecule has 0 spiro atoms. The molecule has 1 amide bonds. The van der Waals surface area contributed by atoms with E-state index >= 15 is 0 Å². The van der Waals surface area contributed by atoms with Crippen LogP contribution in [-0.4, -0.2) is 31.7 Å². The average Bonchev–Trinajstić information content (AvgIpc) is 2.58. The number of hydrogen-bond donors (Lipinski definition) is 1. The van der Waals surface area contributed by atoms with Crippen molar-refractivity contribution in [3.8, 4) is 0 Å². The lowest BCUT2D eigenvalue weighted by Gasteiger charge is -2.18. The van der Waals surface area contributed by atoms with E-state index in [4.69, 9.17) is 11.6 Å². The van der Waals surface area contributed by atoms with E-state index in [0.29, 0.717) is 29.4 Å². The summed E-state index contributed by atoms with van der Waals surface area (Å²) in [5.41, 5.74) is 1.85. The van der Waals surface area contributed by atoms with Crippen LogP contribution < -0.4 is 5.32 Å². The Morgan fingerprint density at radius 2 is 1.68 bits per heavy atom. The molecule has 0 saturated carbocycles. The lowest BCUT2D eigenvalue weighted by atomic mass is 10.1. The molecule has 0 aliphatic heterocycles. The van der Waals surface area contributed by atoms with Gasteiger partial charge in [-0.3, -0.25) is 4.79 Å². The fourth-order valence-electron chi connectivity index (χ4n) is 2.36. The van der Waals surface area contributed by atoms with Crippen molar-refractivity contribution in [2.45, 2.75) is 25.7 Å². The summed E-state index contributed by atoms with van der Waals surface area (Å²) in [5, 5.41) is 3.26. The zero-order chi connectivity index (χ0) is 18.6. The van der Waals surface area contributed by atoms with E-state index in [1.54, 1.807) is 44.2 Å². The third-order valence-electron chi connectivity index (χ3n) is 3.89. The van der Waals surface area contributed by atoms with Crippen molar-refractivity contribution in [3.05, 3.63) is 58.6 Å². The number of nitrogens with zero attached hydrogens (tertiary/aromatic N) is 1. The van der Waals surface area contributed by atoms with Gasteiger partial charge in [-0.25, -0.2) is 8.42 Å². The van der Waals surface area contributed by atoms with Crippen LogP contribution in [-0.2, 0) is 10.0 Å². The highest BCUT2D eigenvalue weighted by atomic mass is 35.5. The van der Waals surface area contributed by atoms with Crippen LogP contribution in [0, 0.1) is 6.92 Å². The molecule has 0 atom stereocenters. The predicted molar refractivity (Wildman–Crippen MR) is 101 cm³/mol. The summed E-state index contributed by atoms with van der Waals surface area (Å²) in [4.78, 5) is 12.5. The highest BCUT2D eigenvalue weighted by molar-refractivity contribution is 7.89. The van der Waals surface area contributed by atoms with Gasteiger partial charge in [0, 0.05) is 29.4 Å². The SMILES string of the molecule is CCN(CC)S(=O)(=O)c1ccc(NC(=O)c2ccc(C)c(Cl)c2)cc1. The molecule has 0 radical (unpaired) electrons. The van der Waals surface area contributed by atoms with Gasteiger partial charge >= 0.3 is 0 Å². The summed E-state index contributed by atoms with van der Waals surface area (Å²) in [7, 11) is -3.51. The Labute approximate surface area is 153 Å². The Morgan fingerprint density at radius 1 is 1.08 bits per heavy atom. The molecule has 0 aliphatic rings. The first-order valence-electron chi connectivity index (χ1n) is 7.97. The van der Waals surface area contributed by atoms with Crippen LogP contribution in [0.3, 0.4) is 0 Å². The molecule has 0 heterocycles. The van der Waals surface area contributed by atoms with Crippen LogP contribution >= 0.6 is 11.6 Å². The molecule has 0 fully saturated rings. The fraction of sp³-hybridized carbons (Fsp3) is 0.278. The van der Waals surface area contributed by atoms with Crippen molar-refractivity contribution in [1.29, 1.82) is 0 Å². The summed E-state index contributed by atoms with van der Waals surface area (Å²) in [6, 6.07) is 11.2. The summed E-state index contributed by atoms with van der Waals surface area (Å²) in [5.74, 6) is -0.304. The Morgan fingerprint density at radius 3 is 2.20 bits per heavy atom. The van der Waals surface area contributed by atoms with E-state index < -0.39 is 10.0 Å². The maximum Gasteiger partial charge on any atom is 0.255 e. The van der Waals surface area contributed by atoms with Gasteiger partial charge in [-0.15, -0.1) is 0 Å². The third-order valence-corrected chi connectivity index (χ3v) is 6.36. The van der Waals surface area contributed by atoms with Gasteiger partial charge in [0.2, 0.25) is 10.0 Å². The van der Waals surface area contributed by atoms with Gasteiger partial charge in [0.15, 0.2) is 0 Å². The number of amides is 1. The van der Waals surface area contributed by atoms with Gasteiger partial charge in [-0.05, 0) is 48.9 Å². The summed E-state index contributed by atoms with van der Waals surface area (Å²) >= 11 is 6.04. The number of nitrogens with one attached hydrogen (secondary N) is 1. The van der Waals surface area contributed by atoms with Crippen molar-refractivity contribution >= 4 is 33.2 Å². The number of hydrogen-bond acceptors (Lipinski definition) is 3. The lowest BCUT2D eigenvalue weighted by Crippen LogP contribution is -2.30. The zero-order valence-electron chi connectivity index (χ0n) is 14.4. The number of carbonyl (C=O) groups is 1. The molecule has 2 aromatic carbocycles. The highest BCUT2D eigenvalue weighted by Gasteiger charge is 2.21. The van der Waals surface area contributed by atoms with Gasteiger partial charge in [-0.1, -0.05) is 31.5 Å². The first-order valence-corrected chi connectivity index (χ1v) is 9.79. The second-order valence-electron chi connectivity index (χ2n) is 5.53. The van der Waals surface area contributed by atoms with Crippen LogP contribution in [0.15, 0.2) is 47.4 Å². The van der Waals surface area contributed by atoms with Crippen molar-refractivity contribution in [2.75, 3.05) is 18.4 Å². The highest BCUT2D eigenvalue weighted by Crippen LogP contribution is 2.20. The summed E-state index contributed by atoms with van der Waals surface area (Å²) < 4.78 is 26.3. The molecular formula is C18H21ClN2O3S. The Bertz CT molecular complexity index is 860. The summed E-state index contributed by atoms with van der Waals surface area (Å²) in [6.07, 6.45) is 0. The van der Waals surface area contributed by atoms with Crippen LogP contribution in [0.5, 0.6) is 0 Å². The smallest absolute Gasteiger partial charge is 0.255 e. The van der Waals surface area contributed by atoms with Gasteiger partial charge in [0.05, 0.1) is 4.90 Å². The minimum atomic E-state index is -3.51. The minimum Gasteiger partial charge on any atom is -0.322 e. The van der Waals surface area contributed by atoms with E-state index in [1.807, 2.05) is 6.92 Å². The number of carbonyl (C=O) groups excluding carboxylic acids is 1. The van der Waals surface area contributed by atoms with E-state index in [9.17, 15) is 13.2 Å². The predicted octanol–water partition coefficient (Wildman–Crippen LogP) is 3.93. The minimum absolute atomic E-state index is 0.201. The van der Waals surface area contributed by atoms with Crippen LogP contribution in [0.25, 0.3) is 0 Å². The fourth-order valence-corrected chi connectivity index (χ4v) is 4.00. The number of benzene rings is 2. The third kappa shape index (κ3) is 4.39. The van der Waals surface area contributed by atoms with Gasteiger partial charge < -0.3 is 5.32 Å². The largest absolute Gasteiger partial charge is 0.322 e. The van der Waals surface area contributed by atoms with Crippen molar-refractivity contribution in [3.63, 3.8) is 0 Å². The number of halogens is 1. The maximum absolute atomic E-state index is 12.4. The van der Waals surface area contributed by atoms with Crippen molar-refractivity contribution in [1.82, 2.24) is 4.31 Å². The van der Waals surface area contributed by atoms with Crippen LogP contribution in [0.2, 0.25) is 5.02 Å². The van der Waals surface area contributed by atoms with E-state index in [1.165, 1.54) is 16.4 Å². The second-order valence-corrected chi connectivity index (χ2v) is 7.88. The standard InChI is InChI=1S/C18H21ClN2O3S/c1-4-21(5-2)25(23,24)16-10-8-15(9-11-16)20-18(22)14-7-6-13(3)17(19)12-14/h6-12H,4-5H2,1-3H3,(H,20,22). The second kappa shape index (κ2) is 7.99. The molecule has 134 valence electrons. The summed E-state index contributed by atoms with van der Waals surface area (Å²) in [6.45, 7) is 6.26. The molecule has 0 aromatic heterocycles. The molecule has 7 heteroatoms. The maximum atomic E-state index is 12.4. The average molecular weight is 381 g/mol. The molecule has 25 heavy (non-hydrogen) atoms. The Kier molecular flexibility index (Phi) is 6.21. The molecule has 0 bridgehead atoms. The van der Waals surface area contributed by atoms with E-state index in [-0.39, 0.29) is 10.8 Å². The monoisotopic (exact) mass is 380 g/mol. The first kappa shape index (κ1) is 19.4. The Hall–Kier alpha value is -1.89. The van der Waals surface area contributed by atoms with Gasteiger partial charge in [0.25, 0.3) is 5.91 Å². The Balaban J connectivity index is 2.17. The molecule has 0 saturated heterocycles. The molecule has 1 N–H and O–H groups in total. The van der Waals surface area contributed by atoms with Crippen LogP contribution in [0.1, 0.15) is 29.8 Å². The van der Waals surface area contributed by atoms with Crippen molar-refractivity contribution < 1.29 is 13.2 Å². The lowest BCUT2D eigenvalue weighted by molar-refractivity contribution is 0.102. The molecule has 0 unspecified atom stereocenters. The number of rotatable bonds is 6. The molecule has 2 aromatic rings. The zero-order valence-corrected chi connectivity index (χ0v) is 16.0. The molecule has 0 aliphatic carbocycles. The van der Waals surface area contributed by atoms with Crippen molar-refractivity contribution in [2.24, 2.45) is 0 Å². The first-order chi connectivity index (χ1) is 11.8. The van der Waals surface area contributed by atoms with E-state index in [0.717, 1.165) is 5.56 Å². The van der Waals surface area contributed by atoms with Gasteiger partial charge in [-0.2, -0.15) is 4.31 Å². The van der Waals surface area contributed by atoms with E-state index in [2.05, 4.69) is 5.32 Å². The van der Waals surface area contributed by atoms with Gasteiger partial charge in [0.1, 0.15) is 0 Å². The molecule has 2 rings (SSSR count). The topological polar surface area (TPSA) is 66.5 Å². The van der Waals surface area contributed by atoms with Crippen LogP contribution in [0.4, 0.5) is 5.69 Å². The molecular weight excluding hydrogens is 360 g/mol. The quantitative estimate of drug-likeness (QED) is 0.825. The normalized spacial score (nSPS) is 11.6. The molecule has 5 nitrogen and oxygen atoms in total. The number of aryl methyl sites for hydroxylation is 1. The number of sulfonamides is 1. The number of anilines is 1.